The second-order valence-corrected chi connectivity index (χ2v) is 8.17. The summed E-state index contributed by atoms with van der Waals surface area (Å²) in [6, 6.07) is 6.74. The summed E-state index contributed by atoms with van der Waals surface area (Å²) < 4.78 is 42.8. The number of alkyl halides is 1. The molecule has 1 atom stereocenters. The molecular formula is C23H17ClF3N5O2. The van der Waals surface area contributed by atoms with Crippen molar-refractivity contribution in [1.29, 1.82) is 0 Å². The fourth-order valence-electron chi connectivity index (χ4n) is 3.95. The zero-order valence-corrected chi connectivity index (χ0v) is 18.3. The second-order valence-electron chi connectivity index (χ2n) is 7.76. The zero-order chi connectivity index (χ0) is 24.6. The third-order valence-electron chi connectivity index (χ3n) is 5.59. The number of aromatic nitrogens is 2. The fourth-order valence-corrected chi connectivity index (χ4v) is 4.13. The van der Waals surface area contributed by atoms with E-state index in [2.05, 4.69) is 9.94 Å². The number of primary amides is 1. The highest BCUT2D eigenvalue weighted by Crippen LogP contribution is 2.33. The van der Waals surface area contributed by atoms with Gasteiger partial charge in [0.25, 0.3) is 5.91 Å². The number of rotatable bonds is 5. The SMILES string of the molecule is [C-]#[N+]c1ccc(CC(=O)N2Cc3c(C(N)=O)c(-c4ccc(F)c(Cl)c4)nn3[C@@H](CF)C2)cc1F. The van der Waals surface area contributed by atoms with Crippen LogP contribution in [0.5, 0.6) is 0 Å². The van der Waals surface area contributed by atoms with Gasteiger partial charge in [0.15, 0.2) is 0 Å². The Morgan fingerprint density at radius 1 is 1.21 bits per heavy atom. The first-order valence-electron chi connectivity index (χ1n) is 10.1. The third kappa shape index (κ3) is 4.22. The maximum absolute atomic E-state index is 14.0. The van der Waals surface area contributed by atoms with E-state index < -0.39 is 36.2 Å². The average Bonchev–Trinajstić information content (AvgIpc) is 3.20. The van der Waals surface area contributed by atoms with E-state index in [1.54, 1.807) is 0 Å². The van der Waals surface area contributed by atoms with E-state index in [1.165, 1.54) is 33.8 Å². The van der Waals surface area contributed by atoms with E-state index in [9.17, 15) is 22.8 Å². The Kier molecular flexibility index (Phi) is 6.30. The summed E-state index contributed by atoms with van der Waals surface area (Å²) in [6.07, 6.45) is -0.186. The largest absolute Gasteiger partial charge is 0.365 e. The van der Waals surface area contributed by atoms with Crippen LogP contribution in [0, 0.1) is 18.2 Å². The Bertz CT molecular complexity index is 1350. The summed E-state index contributed by atoms with van der Waals surface area (Å²) in [5, 5.41) is 4.17. The molecule has 174 valence electrons. The second kappa shape index (κ2) is 9.19. The number of hydrogen-bond donors (Lipinski definition) is 1. The molecule has 0 radical (unpaired) electrons. The standard InChI is InChI=1S/C23H17ClF3N5O2/c1-29-18-5-2-12(6-17(18)27)7-20(33)31-10-14(9-25)32-19(11-31)21(23(28)34)22(30-32)13-3-4-16(26)15(24)8-13/h2-6,8,14H,7,9-11H2,(H2,28,34)/t14-/m0/s1. The maximum atomic E-state index is 14.0. The van der Waals surface area contributed by atoms with Crippen molar-refractivity contribution in [2.45, 2.75) is 19.0 Å². The van der Waals surface area contributed by atoms with Crippen molar-refractivity contribution in [1.82, 2.24) is 14.7 Å². The number of nitrogens with two attached hydrogens (primary N) is 1. The number of carbonyl (C=O) groups is 2. The van der Waals surface area contributed by atoms with Crippen LogP contribution in [0.4, 0.5) is 18.9 Å². The van der Waals surface area contributed by atoms with Crippen LogP contribution in [0.2, 0.25) is 5.02 Å². The number of benzene rings is 2. The highest BCUT2D eigenvalue weighted by molar-refractivity contribution is 6.31. The summed E-state index contributed by atoms with van der Waals surface area (Å²) in [4.78, 5) is 29.7. The van der Waals surface area contributed by atoms with Crippen LogP contribution >= 0.6 is 11.6 Å². The molecule has 1 aliphatic heterocycles. The topological polar surface area (TPSA) is 85.6 Å². The van der Waals surface area contributed by atoms with Crippen molar-refractivity contribution >= 4 is 29.1 Å². The van der Waals surface area contributed by atoms with E-state index >= 15 is 0 Å². The Morgan fingerprint density at radius 3 is 2.59 bits per heavy atom. The highest BCUT2D eigenvalue weighted by Gasteiger charge is 2.34. The summed E-state index contributed by atoms with van der Waals surface area (Å²) in [6.45, 7) is 5.91. The molecule has 7 nitrogen and oxygen atoms in total. The van der Waals surface area contributed by atoms with Gasteiger partial charge in [0.05, 0.1) is 41.9 Å². The van der Waals surface area contributed by atoms with Crippen molar-refractivity contribution in [2.24, 2.45) is 5.73 Å². The van der Waals surface area contributed by atoms with E-state index in [1.807, 2.05) is 0 Å². The molecule has 0 aliphatic carbocycles. The van der Waals surface area contributed by atoms with Crippen molar-refractivity contribution in [3.8, 4) is 11.3 Å². The Morgan fingerprint density at radius 2 is 1.97 bits per heavy atom. The van der Waals surface area contributed by atoms with Gasteiger partial charge in [-0.2, -0.15) is 5.10 Å². The number of fused-ring (bicyclic) bond motifs is 1. The molecule has 11 heteroatoms. The van der Waals surface area contributed by atoms with Gasteiger partial charge in [-0.3, -0.25) is 14.3 Å². The van der Waals surface area contributed by atoms with E-state index in [4.69, 9.17) is 23.9 Å². The van der Waals surface area contributed by atoms with Crippen molar-refractivity contribution in [2.75, 3.05) is 13.2 Å². The summed E-state index contributed by atoms with van der Waals surface area (Å²) >= 11 is 5.87. The Balaban J connectivity index is 1.69. The monoisotopic (exact) mass is 487 g/mol. The molecule has 0 saturated carbocycles. The lowest BCUT2D eigenvalue weighted by atomic mass is 10.0. The Labute approximate surface area is 197 Å². The molecule has 0 bridgehead atoms. The highest BCUT2D eigenvalue weighted by atomic mass is 35.5. The van der Waals surface area contributed by atoms with Gasteiger partial charge >= 0.3 is 0 Å². The van der Waals surface area contributed by atoms with E-state index in [-0.39, 0.29) is 47.2 Å². The molecule has 34 heavy (non-hydrogen) atoms. The molecule has 2 heterocycles. The number of amides is 2. The quantitative estimate of drug-likeness (QED) is 0.547. The van der Waals surface area contributed by atoms with Crippen LogP contribution in [-0.2, 0) is 17.8 Å². The fraction of sp³-hybridized carbons (Fsp3) is 0.217. The van der Waals surface area contributed by atoms with Crippen LogP contribution in [0.25, 0.3) is 16.1 Å². The first kappa shape index (κ1) is 23.3. The van der Waals surface area contributed by atoms with Gasteiger partial charge in [0, 0.05) is 12.1 Å². The number of carbonyl (C=O) groups excluding carboxylic acids is 2. The minimum atomic E-state index is -0.892. The number of halogens is 4. The third-order valence-corrected chi connectivity index (χ3v) is 5.88. The first-order chi connectivity index (χ1) is 16.2. The van der Waals surface area contributed by atoms with Crippen molar-refractivity contribution in [3.63, 3.8) is 0 Å². The number of hydrogen-bond acceptors (Lipinski definition) is 3. The van der Waals surface area contributed by atoms with Crippen LogP contribution < -0.4 is 5.73 Å². The average molecular weight is 488 g/mol. The van der Waals surface area contributed by atoms with Crippen LogP contribution in [-0.4, -0.2) is 39.7 Å². The lowest BCUT2D eigenvalue weighted by Gasteiger charge is -2.33. The van der Waals surface area contributed by atoms with Crippen LogP contribution in [0.3, 0.4) is 0 Å². The molecule has 2 N–H and O–H groups in total. The van der Waals surface area contributed by atoms with E-state index in [0.29, 0.717) is 11.1 Å². The van der Waals surface area contributed by atoms with Gasteiger partial charge in [-0.1, -0.05) is 23.7 Å². The number of nitrogens with zero attached hydrogens (tertiary/aromatic N) is 4. The van der Waals surface area contributed by atoms with Gasteiger partial charge in [0.1, 0.15) is 24.0 Å². The summed E-state index contributed by atoms with van der Waals surface area (Å²) in [5.74, 6) is -2.67. The summed E-state index contributed by atoms with van der Waals surface area (Å²) in [7, 11) is 0. The predicted molar refractivity (Wildman–Crippen MR) is 118 cm³/mol. The zero-order valence-electron chi connectivity index (χ0n) is 17.6. The van der Waals surface area contributed by atoms with Gasteiger partial charge < -0.3 is 10.6 Å². The molecule has 0 unspecified atom stereocenters. The lowest BCUT2D eigenvalue weighted by Crippen LogP contribution is -2.43. The van der Waals surface area contributed by atoms with Gasteiger partial charge in [-0.05, 0) is 29.8 Å². The van der Waals surface area contributed by atoms with Crippen molar-refractivity contribution < 1.29 is 22.8 Å². The molecule has 3 aromatic rings. The molecule has 2 amide bonds. The van der Waals surface area contributed by atoms with Gasteiger partial charge in [0.2, 0.25) is 11.6 Å². The Hall–Kier alpha value is -3.84. The molecule has 4 rings (SSSR count). The van der Waals surface area contributed by atoms with Gasteiger partial charge in [-0.25, -0.2) is 18.0 Å². The minimum absolute atomic E-state index is 0.0221. The summed E-state index contributed by atoms with van der Waals surface area (Å²) in [5.41, 5.74) is 6.43. The smallest absolute Gasteiger partial charge is 0.252 e. The first-order valence-corrected chi connectivity index (χ1v) is 10.5. The molecule has 0 saturated heterocycles. The minimum Gasteiger partial charge on any atom is -0.365 e. The maximum Gasteiger partial charge on any atom is 0.252 e. The van der Waals surface area contributed by atoms with Crippen LogP contribution in [0.15, 0.2) is 36.4 Å². The molecule has 0 spiro atoms. The molecule has 0 fully saturated rings. The van der Waals surface area contributed by atoms with Crippen LogP contribution in [0.1, 0.15) is 27.7 Å². The predicted octanol–water partition coefficient (Wildman–Crippen LogP) is 4.23. The van der Waals surface area contributed by atoms with Gasteiger partial charge in [-0.15, -0.1) is 0 Å². The lowest BCUT2D eigenvalue weighted by molar-refractivity contribution is -0.132. The molecule has 1 aromatic heterocycles. The van der Waals surface area contributed by atoms with E-state index in [0.717, 1.165) is 12.1 Å². The molecule has 1 aliphatic rings. The molecular weight excluding hydrogens is 471 g/mol. The molecule has 2 aromatic carbocycles. The van der Waals surface area contributed by atoms with Crippen molar-refractivity contribution in [3.05, 3.63) is 81.3 Å². The normalized spacial score (nSPS) is 15.0.